The fourth-order valence-corrected chi connectivity index (χ4v) is 3.14. The lowest BCUT2D eigenvalue weighted by molar-refractivity contribution is 0.252. The standard InChI is InChI=1S/C24H21N5O2/c30-23(27-29(21-11-3-1-4-12-21)22-13-5-2-6-14-22)26-20-10-7-9-19(17-20)18-28-16-8-15-25-24(28)31/h1-17H,18H2,(H2,26,27,30). The Balaban J connectivity index is 1.49. The number of aromatic nitrogens is 2. The van der Waals surface area contributed by atoms with Gasteiger partial charge in [-0.2, -0.15) is 0 Å². The number of carbonyl (C=O) groups excluding carboxylic acids is 1. The molecule has 7 nitrogen and oxygen atoms in total. The zero-order chi connectivity index (χ0) is 21.5. The van der Waals surface area contributed by atoms with Crippen molar-refractivity contribution >= 4 is 23.1 Å². The molecule has 4 aromatic rings. The molecule has 0 spiro atoms. The summed E-state index contributed by atoms with van der Waals surface area (Å²) in [4.78, 5) is 28.4. The first-order valence-corrected chi connectivity index (χ1v) is 9.77. The number of urea groups is 1. The van der Waals surface area contributed by atoms with Crippen molar-refractivity contribution in [3.8, 4) is 0 Å². The molecule has 0 bridgehead atoms. The molecule has 2 amide bonds. The summed E-state index contributed by atoms with van der Waals surface area (Å²) in [6.07, 6.45) is 3.14. The number of carbonyl (C=O) groups is 1. The van der Waals surface area contributed by atoms with E-state index in [-0.39, 0.29) is 11.7 Å². The number of hydrazine groups is 1. The smallest absolute Gasteiger partial charge is 0.307 e. The first kappa shape index (κ1) is 19.9. The van der Waals surface area contributed by atoms with E-state index in [0.717, 1.165) is 16.9 Å². The molecule has 1 heterocycles. The Hall–Kier alpha value is -4.39. The third kappa shape index (κ3) is 5.16. The normalized spacial score (nSPS) is 10.3. The summed E-state index contributed by atoms with van der Waals surface area (Å²) in [5.41, 5.74) is 5.72. The highest BCUT2D eigenvalue weighted by Crippen LogP contribution is 2.22. The van der Waals surface area contributed by atoms with Gasteiger partial charge in [-0.1, -0.05) is 48.5 Å². The molecule has 3 aromatic carbocycles. The monoisotopic (exact) mass is 411 g/mol. The molecule has 1 aromatic heterocycles. The number of hydrogen-bond donors (Lipinski definition) is 2. The van der Waals surface area contributed by atoms with Gasteiger partial charge in [0.1, 0.15) is 0 Å². The number of amides is 2. The second kappa shape index (κ2) is 9.41. The van der Waals surface area contributed by atoms with Crippen LogP contribution in [0, 0.1) is 0 Å². The third-order valence-corrected chi connectivity index (χ3v) is 4.56. The third-order valence-electron chi connectivity index (χ3n) is 4.56. The van der Waals surface area contributed by atoms with Crippen LogP contribution in [0.25, 0.3) is 0 Å². The van der Waals surface area contributed by atoms with Gasteiger partial charge in [-0.15, -0.1) is 0 Å². The van der Waals surface area contributed by atoms with Crippen molar-refractivity contribution in [1.82, 2.24) is 15.0 Å². The molecule has 2 N–H and O–H groups in total. The largest absolute Gasteiger partial charge is 0.347 e. The van der Waals surface area contributed by atoms with Crippen molar-refractivity contribution in [2.75, 3.05) is 10.3 Å². The molecular weight excluding hydrogens is 390 g/mol. The number of nitrogens with zero attached hydrogens (tertiary/aromatic N) is 3. The maximum absolute atomic E-state index is 12.8. The summed E-state index contributed by atoms with van der Waals surface area (Å²) in [5, 5.41) is 4.57. The van der Waals surface area contributed by atoms with Crippen LogP contribution in [0.3, 0.4) is 0 Å². The molecule has 0 fully saturated rings. The van der Waals surface area contributed by atoms with Gasteiger partial charge < -0.3 is 5.32 Å². The lowest BCUT2D eigenvalue weighted by atomic mass is 10.2. The lowest BCUT2D eigenvalue weighted by Gasteiger charge is -2.25. The minimum Gasteiger partial charge on any atom is -0.307 e. The maximum Gasteiger partial charge on any atom is 0.347 e. The second-order valence-electron chi connectivity index (χ2n) is 6.80. The zero-order valence-electron chi connectivity index (χ0n) is 16.7. The molecule has 0 radical (unpaired) electrons. The van der Waals surface area contributed by atoms with Gasteiger partial charge >= 0.3 is 11.7 Å². The van der Waals surface area contributed by atoms with E-state index in [9.17, 15) is 9.59 Å². The number of anilines is 3. The minimum absolute atomic E-state index is 0.319. The molecule has 7 heteroatoms. The topological polar surface area (TPSA) is 79.3 Å². The predicted molar refractivity (Wildman–Crippen MR) is 121 cm³/mol. The zero-order valence-corrected chi connectivity index (χ0v) is 16.7. The quantitative estimate of drug-likeness (QED) is 0.467. The summed E-state index contributed by atoms with van der Waals surface area (Å²) in [6, 6.07) is 27.8. The van der Waals surface area contributed by atoms with Crippen LogP contribution in [0.5, 0.6) is 0 Å². The highest BCUT2D eigenvalue weighted by atomic mass is 16.2. The Morgan fingerprint density at radius 2 is 1.55 bits per heavy atom. The second-order valence-corrected chi connectivity index (χ2v) is 6.80. The van der Waals surface area contributed by atoms with E-state index in [1.807, 2.05) is 78.9 Å². The van der Waals surface area contributed by atoms with Gasteiger partial charge in [-0.05, 0) is 48.0 Å². The van der Waals surface area contributed by atoms with Gasteiger partial charge in [-0.25, -0.2) is 20.0 Å². The Kier molecular flexibility index (Phi) is 6.04. The predicted octanol–water partition coefficient (Wildman–Crippen LogP) is 4.17. The molecule has 0 aliphatic carbocycles. The molecular formula is C24H21N5O2. The van der Waals surface area contributed by atoms with Crippen LogP contribution in [-0.4, -0.2) is 15.6 Å². The van der Waals surface area contributed by atoms with Crippen molar-refractivity contribution < 1.29 is 4.79 Å². The number of hydrogen-bond acceptors (Lipinski definition) is 4. The molecule has 154 valence electrons. The van der Waals surface area contributed by atoms with E-state index < -0.39 is 0 Å². The van der Waals surface area contributed by atoms with E-state index in [2.05, 4.69) is 15.7 Å². The first-order valence-electron chi connectivity index (χ1n) is 9.77. The number of nitrogens with one attached hydrogen (secondary N) is 2. The van der Waals surface area contributed by atoms with Crippen LogP contribution >= 0.6 is 0 Å². The van der Waals surface area contributed by atoms with Crippen LogP contribution < -0.4 is 21.4 Å². The SMILES string of the molecule is O=C(Nc1cccc(Cn2cccnc2=O)c1)NN(c1ccccc1)c1ccccc1. The van der Waals surface area contributed by atoms with Crippen molar-refractivity contribution in [2.24, 2.45) is 0 Å². The van der Waals surface area contributed by atoms with E-state index in [1.165, 1.54) is 10.8 Å². The molecule has 0 saturated heterocycles. The molecule has 4 rings (SSSR count). The fourth-order valence-electron chi connectivity index (χ4n) is 3.14. The first-order chi connectivity index (χ1) is 15.2. The van der Waals surface area contributed by atoms with Crippen molar-refractivity contribution in [1.29, 1.82) is 0 Å². The Morgan fingerprint density at radius 1 is 0.871 bits per heavy atom. The highest BCUT2D eigenvalue weighted by Gasteiger charge is 2.12. The van der Waals surface area contributed by atoms with Gasteiger partial charge in [0.25, 0.3) is 0 Å². The molecule has 0 aliphatic heterocycles. The Morgan fingerprint density at radius 3 is 2.19 bits per heavy atom. The summed E-state index contributed by atoms with van der Waals surface area (Å²) in [5.74, 6) is 0. The van der Waals surface area contributed by atoms with Gasteiger partial charge in [0, 0.05) is 18.1 Å². The van der Waals surface area contributed by atoms with E-state index >= 15 is 0 Å². The molecule has 0 unspecified atom stereocenters. The highest BCUT2D eigenvalue weighted by molar-refractivity contribution is 5.91. The fraction of sp³-hybridized carbons (Fsp3) is 0.0417. The summed E-state index contributed by atoms with van der Waals surface area (Å²) < 4.78 is 1.51. The number of para-hydroxylation sites is 2. The van der Waals surface area contributed by atoms with Crippen molar-refractivity contribution in [3.63, 3.8) is 0 Å². The average Bonchev–Trinajstić information content (AvgIpc) is 2.80. The molecule has 0 aliphatic rings. The van der Waals surface area contributed by atoms with Crippen LogP contribution in [0.1, 0.15) is 5.56 Å². The van der Waals surface area contributed by atoms with E-state index in [4.69, 9.17) is 0 Å². The Labute approximate surface area is 179 Å². The summed E-state index contributed by atoms with van der Waals surface area (Å²) in [7, 11) is 0. The van der Waals surface area contributed by atoms with Gasteiger partial charge in [0.05, 0.1) is 17.9 Å². The minimum atomic E-state index is -0.386. The molecule has 0 atom stereocenters. The van der Waals surface area contributed by atoms with Crippen LogP contribution in [0.15, 0.2) is 108 Å². The van der Waals surface area contributed by atoms with Gasteiger partial charge in [0.15, 0.2) is 0 Å². The van der Waals surface area contributed by atoms with Crippen LogP contribution in [-0.2, 0) is 6.54 Å². The summed E-state index contributed by atoms with van der Waals surface area (Å²) >= 11 is 0. The summed E-state index contributed by atoms with van der Waals surface area (Å²) in [6.45, 7) is 0.365. The molecule has 0 saturated carbocycles. The van der Waals surface area contributed by atoms with Gasteiger partial charge in [0.2, 0.25) is 0 Å². The van der Waals surface area contributed by atoms with E-state index in [0.29, 0.717) is 12.2 Å². The number of benzene rings is 3. The molecule has 31 heavy (non-hydrogen) atoms. The number of rotatable bonds is 6. The average molecular weight is 411 g/mol. The maximum atomic E-state index is 12.8. The van der Waals surface area contributed by atoms with E-state index in [1.54, 1.807) is 23.3 Å². The Bertz CT molecular complexity index is 1170. The van der Waals surface area contributed by atoms with Crippen LogP contribution in [0.2, 0.25) is 0 Å². The van der Waals surface area contributed by atoms with Gasteiger partial charge in [-0.3, -0.25) is 9.58 Å². The van der Waals surface area contributed by atoms with Crippen molar-refractivity contribution in [3.05, 3.63) is 119 Å². The van der Waals surface area contributed by atoms with Crippen molar-refractivity contribution in [2.45, 2.75) is 6.54 Å². The van der Waals surface area contributed by atoms with Crippen LogP contribution in [0.4, 0.5) is 21.9 Å². The lowest BCUT2D eigenvalue weighted by Crippen LogP contribution is -2.41.